The van der Waals surface area contributed by atoms with Crippen molar-refractivity contribution in [3.05, 3.63) is 6.33 Å². The van der Waals surface area contributed by atoms with Crippen LogP contribution in [0.25, 0.3) is 0 Å². The van der Waals surface area contributed by atoms with Gasteiger partial charge in [0.15, 0.2) is 0 Å². The number of halogens is 1. The molecule has 72 valence electrons. The number of anilines is 1. The van der Waals surface area contributed by atoms with Crippen molar-refractivity contribution in [2.24, 2.45) is 13.0 Å². The summed E-state index contributed by atoms with van der Waals surface area (Å²) >= 11 is 5.52. The molecule has 0 fully saturated rings. The second-order valence-corrected chi connectivity index (χ2v) is 3.06. The van der Waals surface area contributed by atoms with Crippen LogP contribution < -0.4 is 5.32 Å². The fourth-order valence-corrected chi connectivity index (χ4v) is 0.853. The molecule has 0 radical (unpaired) electrons. The second-order valence-electron chi connectivity index (χ2n) is 2.75. The number of hydrogen-bond acceptors (Lipinski definition) is 3. The van der Waals surface area contributed by atoms with Gasteiger partial charge in [0.25, 0.3) is 0 Å². The van der Waals surface area contributed by atoms with Crippen LogP contribution in [-0.4, -0.2) is 26.6 Å². The average molecular weight is 203 g/mol. The lowest BCUT2D eigenvalue weighted by atomic mass is 10.2. The molecule has 1 aromatic heterocycles. The lowest BCUT2D eigenvalue weighted by Crippen LogP contribution is -2.23. The third kappa shape index (κ3) is 2.42. The average Bonchev–Trinajstić information content (AvgIpc) is 2.50. The molecule has 0 spiro atoms. The molecule has 6 heteroatoms. The quantitative estimate of drug-likeness (QED) is 0.732. The largest absolute Gasteiger partial charge is 0.294 e. The number of amides is 1. The molecule has 0 saturated carbocycles. The summed E-state index contributed by atoms with van der Waals surface area (Å²) < 4.78 is 1.48. The van der Waals surface area contributed by atoms with E-state index in [1.54, 1.807) is 14.0 Å². The first-order valence-electron chi connectivity index (χ1n) is 3.86. The molecule has 0 aliphatic rings. The van der Waals surface area contributed by atoms with E-state index in [0.29, 0.717) is 11.8 Å². The molecule has 13 heavy (non-hydrogen) atoms. The zero-order valence-corrected chi connectivity index (χ0v) is 8.25. The van der Waals surface area contributed by atoms with Gasteiger partial charge in [0, 0.05) is 18.8 Å². The standard InChI is InChI=1S/C7H11ClN4O/c1-5(3-8)6(13)11-7-9-4-10-12(7)2/h4-5H,3H2,1-2H3,(H,9,10,11,13). The minimum Gasteiger partial charge on any atom is -0.294 e. The first-order valence-corrected chi connectivity index (χ1v) is 4.39. The van der Waals surface area contributed by atoms with Crippen LogP contribution in [0.5, 0.6) is 0 Å². The van der Waals surface area contributed by atoms with Gasteiger partial charge in [-0.15, -0.1) is 11.6 Å². The van der Waals surface area contributed by atoms with Crippen LogP contribution >= 0.6 is 11.6 Å². The molecule has 1 amide bonds. The summed E-state index contributed by atoms with van der Waals surface area (Å²) in [5.74, 6) is 0.357. The Hall–Kier alpha value is -1.10. The van der Waals surface area contributed by atoms with Crippen molar-refractivity contribution in [2.75, 3.05) is 11.2 Å². The Morgan fingerprint density at radius 2 is 2.54 bits per heavy atom. The Kier molecular flexibility index (Phi) is 3.25. The predicted octanol–water partition coefficient (Wildman–Crippen LogP) is 0.628. The van der Waals surface area contributed by atoms with E-state index in [1.165, 1.54) is 11.0 Å². The third-order valence-electron chi connectivity index (χ3n) is 1.63. The molecular weight excluding hydrogens is 192 g/mol. The van der Waals surface area contributed by atoms with Crippen molar-refractivity contribution in [3.63, 3.8) is 0 Å². The normalized spacial score (nSPS) is 12.5. The first kappa shape index (κ1) is 9.98. The fraction of sp³-hybridized carbons (Fsp3) is 0.571. The fourth-order valence-electron chi connectivity index (χ4n) is 0.713. The predicted molar refractivity (Wildman–Crippen MR) is 49.5 cm³/mol. The van der Waals surface area contributed by atoms with Gasteiger partial charge in [0.05, 0.1) is 0 Å². The maximum absolute atomic E-state index is 11.3. The van der Waals surface area contributed by atoms with Crippen molar-refractivity contribution in [2.45, 2.75) is 6.92 Å². The van der Waals surface area contributed by atoms with E-state index < -0.39 is 0 Å². The van der Waals surface area contributed by atoms with Crippen LogP contribution in [0.4, 0.5) is 5.95 Å². The molecule has 1 rings (SSSR count). The van der Waals surface area contributed by atoms with E-state index in [0.717, 1.165) is 0 Å². The number of nitrogens with zero attached hydrogens (tertiary/aromatic N) is 3. The summed E-state index contributed by atoms with van der Waals surface area (Å²) in [5, 5.41) is 6.42. The van der Waals surface area contributed by atoms with Gasteiger partial charge in [0.2, 0.25) is 11.9 Å². The number of carbonyl (C=O) groups is 1. The molecule has 1 unspecified atom stereocenters. The molecule has 5 nitrogen and oxygen atoms in total. The number of carbonyl (C=O) groups excluding carboxylic acids is 1. The highest BCUT2D eigenvalue weighted by Crippen LogP contribution is 2.04. The van der Waals surface area contributed by atoms with Gasteiger partial charge in [0.1, 0.15) is 6.33 Å². The maximum Gasteiger partial charge on any atom is 0.230 e. The van der Waals surface area contributed by atoms with Crippen LogP contribution in [-0.2, 0) is 11.8 Å². The van der Waals surface area contributed by atoms with Crippen molar-refractivity contribution in [1.29, 1.82) is 0 Å². The van der Waals surface area contributed by atoms with Crippen LogP contribution in [0.3, 0.4) is 0 Å². The highest BCUT2D eigenvalue weighted by Gasteiger charge is 2.13. The minimum atomic E-state index is -0.224. The van der Waals surface area contributed by atoms with Crippen LogP contribution in [0, 0.1) is 5.92 Å². The Bertz CT molecular complexity index is 298. The van der Waals surface area contributed by atoms with Gasteiger partial charge >= 0.3 is 0 Å². The number of aryl methyl sites for hydroxylation is 1. The lowest BCUT2D eigenvalue weighted by Gasteiger charge is -2.07. The van der Waals surface area contributed by atoms with Crippen LogP contribution in [0.15, 0.2) is 6.33 Å². The second kappa shape index (κ2) is 4.23. The molecule has 0 aliphatic carbocycles. The monoisotopic (exact) mass is 202 g/mol. The molecular formula is C7H11ClN4O. The molecule has 1 heterocycles. The van der Waals surface area contributed by atoms with Crippen molar-refractivity contribution in [3.8, 4) is 0 Å². The summed E-state index contributed by atoms with van der Waals surface area (Å²) in [5.41, 5.74) is 0. The maximum atomic E-state index is 11.3. The molecule has 0 saturated heterocycles. The van der Waals surface area contributed by atoms with Gasteiger partial charge in [-0.3, -0.25) is 10.1 Å². The Labute approximate surface area is 81.1 Å². The highest BCUT2D eigenvalue weighted by molar-refractivity contribution is 6.19. The molecule has 0 bridgehead atoms. The van der Waals surface area contributed by atoms with Gasteiger partial charge in [-0.25, -0.2) is 4.68 Å². The minimum absolute atomic E-state index is 0.147. The molecule has 1 aromatic rings. The zero-order valence-electron chi connectivity index (χ0n) is 7.49. The van der Waals surface area contributed by atoms with E-state index >= 15 is 0 Å². The van der Waals surface area contributed by atoms with Gasteiger partial charge in [-0.2, -0.15) is 10.1 Å². The first-order chi connectivity index (χ1) is 6.15. The number of aromatic nitrogens is 3. The van der Waals surface area contributed by atoms with Crippen molar-refractivity contribution >= 4 is 23.5 Å². The zero-order chi connectivity index (χ0) is 9.84. The summed E-state index contributed by atoms with van der Waals surface area (Å²) in [4.78, 5) is 15.2. The van der Waals surface area contributed by atoms with Gasteiger partial charge < -0.3 is 0 Å². The van der Waals surface area contributed by atoms with E-state index in [4.69, 9.17) is 11.6 Å². The van der Waals surface area contributed by atoms with E-state index in [1.807, 2.05) is 0 Å². The summed E-state index contributed by atoms with van der Waals surface area (Å²) in [6, 6.07) is 0. The summed E-state index contributed by atoms with van der Waals surface area (Å²) in [7, 11) is 1.70. The smallest absolute Gasteiger partial charge is 0.230 e. The van der Waals surface area contributed by atoms with Crippen molar-refractivity contribution < 1.29 is 4.79 Å². The summed E-state index contributed by atoms with van der Waals surface area (Å²) in [6.45, 7) is 1.75. The van der Waals surface area contributed by atoms with Crippen LogP contribution in [0.2, 0.25) is 0 Å². The van der Waals surface area contributed by atoms with E-state index in [2.05, 4.69) is 15.4 Å². The number of rotatable bonds is 3. The van der Waals surface area contributed by atoms with Crippen molar-refractivity contribution in [1.82, 2.24) is 14.8 Å². The van der Waals surface area contributed by atoms with E-state index in [-0.39, 0.29) is 11.8 Å². The topological polar surface area (TPSA) is 59.8 Å². The molecule has 0 aromatic carbocycles. The number of alkyl halides is 1. The molecule has 1 N–H and O–H groups in total. The Morgan fingerprint density at radius 1 is 1.85 bits per heavy atom. The highest BCUT2D eigenvalue weighted by atomic mass is 35.5. The lowest BCUT2D eigenvalue weighted by molar-refractivity contribution is -0.118. The number of hydrogen-bond donors (Lipinski definition) is 1. The van der Waals surface area contributed by atoms with E-state index in [9.17, 15) is 4.79 Å². The van der Waals surface area contributed by atoms with Gasteiger partial charge in [-0.05, 0) is 0 Å². The van der Waals surface area contributed by atoms with Gasteiger partial charge in [-0.1, -0.05) is 6.92 Å². The Morgan fingerprint density at radius 3 is 3.00 bits per heavy atom. The Balaban J connectivity index is 2.60. The molecule has 0 aliphatic heterocycles. The summed E-state index contributed by atoms with van der Waals surface area (Å²) in [6.07, 6.45) is 1.38. The van der Waals surface area contributed by atoms with Crippen LogP contribution in [0.1, 0.15) is 6.92 Å². The third-order valence-corrected chi connectivity index (χ3v) is 2.09. The number of nitrogens with one attached hydrogen (secondary N) is 1. The molecule has 1 atom stereocenters. The SMILES string of the molecule is CC(CCl)C(=O)Nc1ncnn1C.